The van der Waals surface area contributed by atoms with Gasteiger partial charge in [-0.15, -0.1) is 0 Å². The first-order valence-corrected chi connectivity index (χ1v) is 13.1. The largest absolute Gasteiger partial charge is 0.433 e. The van der Waals surface area contributed by atoms with E-state index in [0.29, 0.717) is 24.2 Å². The highest BCUT2D eigenvalue weighted by molar-refractivity contribution is 7.92. The molecule has 2 aromatic rings. The number of carbonyl (C=O) groups excluding carboxylic acids is 1. The maximum absolute atomic E-state index is 14.3. The van der Waals surface area contributed by atoms with Crippen LogP contribution in [0.2, 0.25) is 0 Å². The molecule has 1 saturated heterocycles. The monoisotopic (exact) mass is 531 g/mol. The highest BCUT2D eigenvalue weighted by Gasteiger charge is 2.35. The number of aromatic nitrogens is 1. The lowest BCUT2D eigenvalue weighted by Crippen LogP contribution is -2.33. The molecule has 36 heavy (non-hydrogen) atoms. The van der Waals surface area contributed by atoms with Crippen molar-refractivity contribution in [2.75, 3.05) is 43.1 Å². The minimum absolute atomic E-state index is 0.0665. The van der Waals surface area contributed by atoms with E-state index >= 15 is 0 Å². The number of nitrogens with zero attached hydrogens (tertiary/aromatic N) is 3. The highest BCUT2D eigenvalue weighted by Crippen LogP contribution is 2.32. The molecule has 3 rings (SSSR count). The molecule has 0 bridgehead atoms. The fourth-order valence-corrected chi connectivity index (χ4v) is 4.54. The van der Waals surface area contributed by atoms with E-state index in [1.807, 2.05) is 19.0 Å². The molecule has 8 nitrogen and oxygen atoms in total. The van der Waals surface area contributed by atoms with Gasteiger partial charge in [-0.3, -0.25) is 9.52 Å². The fraction of sp³-hybridized carbons (Fsp3) is 0.478. The van der Waals surface area contributed by atoms with Crippen LogP contribution in [0.25, 0.3) is 0 Å². The maximum Gasteiger partial charge on any atom is 0.433 e. The summed E-state index contributed by atoms with van der Waals surface area (Å²) in [5.41, 5.74) is -0.506. The molecular formula is C23H29F4N5O3S. The summed E-state index contributed by atoms with van der Waals surface area (Å²) in [6.07, 6.45) is -2.94. The van der Waals surface area contributed by atoms with Gasteiger partial charge in [-0.2, -0.15) is 13.2 Å². The Bertz CT molecular complexity index is 1220. The Morgan fingerprint density at radius 1 is 1.25 bits per heavy atom. The van der Waals surface area contributed by atoms with Gasteiger partial charge in [0.25, 0.3) is 0 Å². The average Bonchev–Trinajstić information content (AvgIpc) is 3.27. The highest BCUT2D eigenvalue weighted by atomic mass is 32.2. The Hall–Kier alpha value is -2.93. The van der Waals surface area contributed by atoms with Gasteiger partial charge in [0, 0.05) is 31.2 Å². The number of anilines is 2. The number of hydrogen-bond acceptors (Lipinski definition) is 6. The van der Waals surface area contributed by atoms with Gasteiger partial charge in [-0.25, -0.2) is 17.8 Å². The van der Waals surface area contributed by atoms with Crippen LogP contribution in [-0.2, 0) is 27.5 Å². The number of amides is 1. The minimum atomic E-state index is -4.60. The molecule has 1 aromatic heterocycles. The van der Waals surface area contributed by atoms with Crippen LogP contribution in [0.5, 0.6) is 0 Å². The van der Waals surface area contributed by atoms with Crippen molar-refractivity contribution in [1.29, 1.82) is 0 Å². The second-order valence-corrected chi connectivity index (χ2v) is 10.8. The lowest BCUT2D eigenvalue weighted by molar-refractivity contribution is -0.141. The number of rotatable bonds is 8. The van der Waals surface area contributed by atoms with Crippen molar-refractivity contribution in [2.24, 2.45) is 0 Å². The molecule has 13 heteroatoms. The number of likely N-dealkylation sites (N-methyl/N-ethyl adjacent to an activating group) is 1. The topological polar surface area (TPSA) is 94.6 Å². The number of alkyl halides is 3. The van der Waals surface area contributed by atoms with E-state index in [1.165, 1.54) is 18.2 Å². The summed E-state index contributed by atoms with van der Waals surface area (Å²) in [7, 11) is 0.139. The minimum Gasteiger partial charge on any atom is -0.355 e. The van der Waals surface area contributed by atoms with Gasteiger partial charge in [-0.05, 0) is 51.2 Å². The second-order valence-electron chi connectivity index (χ2n) is 9.08. The van der Waals surface area contributed by atoms with Crippen LogP contribution in [0.4, 0.5) is 29.1 Å². The van der Waals surface area contributed by atoms with Crippen molar-refractivity contribution < 1.29 is 30.8 Å². The number of nitrogens with one attached hydrogen (secondary N) is 2. The third kappa shape index (κ3) is 6.84. The summed E-state index contributed by atoms with van der Waals surface area (Å²) in [5, 5.41) is 2.69. The zero-order valence-electron chi connectivity index (χ0n) is 20.4. The molecule has 0 radical (unpaired) electrons. The van der Waals surface area contributed by atoms with Crippen LogP contribution in [0.1, 0.15) is 36.1 Å². The number of sulfonamides is 1. The molecule has 1 aliphatic rings. The number of carbonyl (C=O) groups is 1. The lowest BCUT2D eigenvalue weighted by Gasteiger charge is -2.24. The summed E-state index contributed by atoms with van der Waals surface area (Å²) in [5.74, 6) is -1.94. The predicted octanol–water partition coefficient (Wildman–Crippen LogP) is 3.17. The van der Waals surface area contributed by atoms with Crippen LogP contribution in [0, 0.1) is 5.82 Å². The Kier molecular flexibility index (Phi) is 8.13. The first kappa shape index (κ1) is 27.7. The molecule has 2 atom stereocenters. The average molecular weight is 532 g/mol. The molecule has 1 amide bonds. The van der Waals surface area contributed by atoms with E-state index in [9.17, 15) is 30.8 Å². The predicted molar refractivity (Wildman–Crippen MR) is 129 cm³/mol. The van der Waals surface area contributed by atoms with Crippen LogP contribution < -0.4 is 14.9 Å². The van der Waals surface area contributed by atoms with Gasteiger partial charge in [0.2, 0.25) is 15.9 Å². The summed E-state index contributed by atoms with van der Waals surface area (Å²) in [6, 6.07) is 6.08. The Morgan fingerprint density at radius 2 is 1.94 bits per heavy atom. The van der Waals surface area contributed by atoms with Gasteiger partial charge in [0.1, 0.15) is 17.3 Å². The molecule has 1 aromatic carbocycles. The summed E-state index contributed by atoms with van der Waals surface area (Å²) in [4.78, 5) is 20.4. The van der Waals surface area contributed by atoms with E-state index in [-0.39, 0.29) is 24.1 Å². The smallest absolute Gasteiger partial charge is 0.355 e. The summed E-state index contributed by atoms with van der Waals surface area (Å²) >= 11 is 0. The first-order valence-electron chi connectivity index (χ1n) is 11.2. The lowest BCUT2D eigenvalue weighted by atomic mass is 9.99. The third-order valence-electron chi connectivity index (χ3n) is 6.07. The molecule has 1 aliphatic heterocycles. The normalized spacial score (nSPS) is 17.4. The summed E-state index contributed by atoms with van der Waals surface area (Å²) < 4.78 is 79.0. The van der Waals surface area contributed by atoms with Crippen molar-refractivity contribution in [2.45, 2.75) is 38.0 Å². The molecule has 0 spiro atoms. The summed E-state index contributed by atoms with van der Waals surface area (Å²) in [6.45, 7) is 2.51. The molecule has 2 heterocycles. The van der Waals surface area contributed by atoms with Crippen molar-refractivity contribution in [3.8, 4) is 0 Å². The first-order chi connectivity index (χ1) is 16.7. The molecule has 198 valence electrons. The quantitative estimate of drug-likeness (QED) is 0.509. The third-order valence-corrected chi connectivity index (χ3v) is 6.67. The zero-order chi connectivity index (χ0) is 26.8. The van der Waals surface area contributed by atoms with Crippen molar-refractivity contribution >= 4 is 27.4 Å². The van der Waals surface area contributed by atoms with E-state index in [2.05, 4.69) is 15.0 Å². The number of benzene rings is 1. The van der Waals surface area contributed by atoms with Gasteiger partial charge >= 0.3 is 6.18 Å². The SMILES string of the molecule is C[C@H](C(=O)NCc1ccc(C(F)(F)F)nc1N1CC[C@H](N(C)C)C1)c1ccc(NS(C)(=O)=O)c(F)c1. The second kappa shape index (κ2) is 10.6. The van der Waals surface area contributed by atoms with E-state index in [4.69, 9.17) is 0 Å². The van der Waals surface area contributed by atoms with Crippen LogP contribution in [0.15, 0.2) is 30.3 Å². The van der Waals surface area contributed by atoms with Gasteiger partial charge in [0.15, 0.2) is 0 Å². The van der Waals surface area contributed by atoms with Crippen LogP contribution in [-0.4, -0.2) is 63.7 Å². The molecule has 0 aliphatic carbocycles. The zero-order valence-corrected chi connectivity index (χ0v) is 21.2. The number of hydrogen-bond donors (Lipinski definition) is 2. The Labute approximate surface area is 207 Å². The van der Waals surface area contributed by atoms with Gasteiger partial charge in [0.05, 0.1) is 17.9 Å². The van der Waals surface area contributed by atoms with Gasteiger partial charge < -0.3 is 15.1 Å². The van der Waals surface area contributed by atoms with Crippen LogP contribution in [0.3, 0.4) is 0 Å². The molecular weight excluding hydrogens is 502 g/mol. The molecule has 0 unspecified atom stereocenters. The standard InChI is InChI=1S/C23H29F4N5O3S/c1-14(15-5-7-19(18(24)11-15)30-36(4,34)35)22(33)28-12-16-6-8-20(23(25,26)27)29-21(16)32-10-9-17(13-32)31(2)3/h5-8,11,14,17,30H,9-10,12-13H2,1-4H3,(H,28,33)/t14-,17-/m0/s1. The van der Waals surface area contributed by atoms with Crippen molar-refractivity contribution in [3.05, 3.63) is 53.0 Å². The molecule has 0 saturated carbocycles. The van der Waals surface area contributed by atoms with E-state index < -0.39 is 39.5 Å². The fourth-order valence-electron chi connectivity index (χ4n) is 3.97. The Balaban J connectivity index is 1.77. The van der Waals surface area contributed by atoms with Crippen LogP contribution >= 0.6 is 0 Å². The molecule has 2 N–H and O–H groups in total. The maximum atomic E-state index is 14.3. The Morgan fingerprint density at radius 3 is 2.50 bits per heavy atom. The van der Waals surface area contributed by atoms with E-state index in [0.717, 1.165) is 24.8 Å². The molecule has 1 fully saturated rings. The van der Waals surface area contributed by atoms with Crippen molar-refractivity contribution in [3.63, 3.8) is 0 Å². The van der Waals surface area contributed by atoms with E-state index in [1.54, 1.807) is 11.8 Å². The number of halogens is 4. The number of pyridine rings is 1. The van der Waals surface area contributed by atoms with Gasteiger partial charge in [-0.1, -0.05) is 12.1 Å². The van der Waals surface area contributed by atoms with Crippen molar-refractivity contribution in [1.82, 2.24) is 15.2 Å².